The van der Waals surface area contributed by atoms with Gasteiger partial charge in [0, 0.05) is 13.1 Å². The second-order valence-corrected chi connectivity index (χ2v) is 5.32. The van der Waals surface area contributed by atoms with Crippen LogP contribution in [0.2, 0.25) is 0 Å². The number of aliphatic imine (C=N–C) groups is 2. The van der Waals surface area contributed by atoms with Crippen molar-refractivity contribution >= 4 is 40.7 Å². The van der Waals surface area contributed by atoms with Crippen molar-refractivity contribution < 1.29 is 0 Å². The summed E-state index contributed by atoms with van der Waals surface area (Å²) in [7, 11) is 0. The van der Waals surface area contributed by atoms with Crippen molar-refractivity contribution in [3.05, 3.63) is 10.3 Å². The van der Waals surface area contributed by atoms with E-state index in [2.05, 4.69) is 48.1 Å². The van der Waals surface area contributed by atoms with Crippen molar-refractivity contribution in [2.24, 2.45) is 26.6 Å². The Morgan fingerprint density at radius 3 is 2.57 bits per heavy atom. The summed E-state index contributed by atoms with van der Waals surface area (Å²) in [5, 5.41) is 10.9. The standard InChI is InChI=1S/C12H21BrN8/c1-17-12(21-5-3-2-4-6-21)20-11(16)9(13)7-18-19-8-10(14)15/h7,19H,1-6,8,16H2,(H3,14,15)/b11-9-,18-7-,20-12+. The van der Waals surface area contributed by atoms with Crippen molar-refractivity contribution in [2.75, 3.05) is 19.6 Å². The molecule has 116 valence electrons. The van der Waals surface area contributed by atoms with Gasteiger partial charge in [-0.05, 0) is 41.9 Å². The first-order valence-electron chi connectivity index (χ1n) is 6.59. The smallest absolute Gasteiger partial charge is 0.226 e. The number of allylic oxidation sites excluding steroid dienone is 1. The summed E-state index contributed by atoms with van der Waals surface area (Å²) in [4.78, 5) is 10.3. The Bertz CT molecular complexity index is 462. The van der Waals surface area contributed by atoms with Gasteiger partial charge in [0.1, 0.15) is 11.7 Å². The zero-order chi connectivity index (χ0) is 15.7. The van der Waals surface area contributed by atoms with Crippen LogP contribution in [0.25, 0.3) is 0 Å². The SMILES string of the molecule is C=N\C(=N/C(N)=C(Br)/C=N\NCC(=N)N)N1CCCCC1. The van der Waals surface area contributed by atoms with Gasteiger partial charge in [-0.3, -0.25) is 5.41 Å². The zero-order valence-electron chi connectivity index (χ0n) is 11.8. The number of guanidine groups is 1. The Morgan fingerprint density at radius 1 is 1.33 bits per heavy atom. The predicted octanol–water partition coefficient (Wildman–Crippen LogP) is 0.563. The Kier molecular flexibility index (Phi) is 7.44. The van der Waals surface area contributed by atoms with Crippen molar-refractivity contribution in [2.45, 2.75) is 19.3 Å². The molecule has 0 saturated carbocycles. The van der Waals surface area contributed by atoms with Crippen molar-refractivity contribution in [3.63, 3.8) is 0 Å². The molecule has 21 heavy (non-hydrogen) atoms. The van der Waals surface area contributed by atoms with E-state index in [4.69, 9.17) is 16.9 Å². The third-order valence-corrected chi connectivity index (χ3v) is 3.40. The molecule has 1 aliphatic rings. The van der Waals surface area contributed by atoms with Crippen LogP contribution < -0.4 is 16.9 Å². The van der Waals surface area contributed by atoms with E-state index >= 15 is 0 Å². The Hall–Kier alpha value is -1.90. The molecule has 8 nitrogen and oxygen atoms in total. The third-order valence-electron chi connectivity index (χ3n) is 2.78. The first kappa shape index (κ1) is 17.2. The second kappa shape index (κ2) is 9.11. The van der Waals surface area contributed by atoms with Gasteiger partial charge in [-0.2, -0.15) is 10.1 Å². The highest BCUT2D eigenvalue weighted by molar-refractivity contribution is 9.12. The number of rotatable bonds is 5. The first-order chi connectivity index (χ1) is 10.0. The molecular formula is C12H21BrN8. The van der Waals surface area contributed by atoms with E-state index < -0.39 is 0 Å². The van der Waals surface area contributed by atoms with Gasteiger partial charge in [-0.25, -0.2) is 4.99 Å². The molecule has 0 radical (unpaired) electrons. The summed E-state index contributed by atoms with van der Waals surface area (Å²) in [6.07, 6.45) is 4.93. The number of nitrogens with one attached hydrogen (secondary N) is 2. The van der Waals surface area contributed by atoms with Gasteiger partial charge in [0.25, 0.3) is 0 Å². The Balaban J connectivity index is 2.70. The monoisotopic (exact) mass is 356 g/mol. The molecule has 1 fully saturated rings. The van der Waals surface area contributed by atoms with Crippen LogP contribution in [-0.2, 0) is 0 Å². The molecule has 1 saturated heterocycles. The number of hydrogen-bond acceptors (Lipinski definition) is 5. The molecule has 0 amide bonds. The molecule has 0 aromatic rings. The summed E-state index contributed by atoms with van der Waals surface area (Å²) < 4.78 is 0.511. The van der Waals surface area contributed by atoms with Gasteiger partial charge < -0.3 is 21.8 Å². The molecule has 0 aromatic carbocycles. The number of nitrogens with two attached hydrogens (primary N) is 2. The lowest BCUT2D eigenvalue weighted by Crippen LogP contribution is -2.34. The van der Waals surface area contributed by atoms with Gasteiger partial charge >= 0.3 is 0 Å². The lowest BCUT2D eigenvalue weighted by Gasteiger charge is -2.27. The molecule has 1 rings (SSSR count). The Morgan fingerprint density at radius 2 is 2.00 bits per heavy atom. The van der Waals surface area contributed by atoms with Crippen LogP contribution in [0.1, 0.15) is 19.3 Å². The summed E-state index contributed by atoms with van der Waals surface area (Å²) in [6, 6.07) is 0. The van der Waals surface area contributed by atoms with Crippen molar-refractivity contribution in [1.29, 1.82) is 5.41 Å². The van der Waals surface area contributed by atoms with E-state index in [1.54, 1.807) is 0 Å². The van der Waals surface area contributed by atoms with Gasteiger partial charge in [-0.1, -0.05) is 0 Å². The van der Waals surface area contributed by atoms with E-state index in [1.807, 2.05) is 0 Å². The second-order valence-electron chi connectivity index (χ2n) is 4.47. The number of amidine groups is 1. The largest absolute Gasteiger partial charge is 0.386 e. The van der Waals surface area contributed by atoms with Gasteiger partial charge in [0.05, 0.1) is 17.2 Å². The number of hydrogen-bond donors (Lipinski definition) is 4. The van der Waals surface area contributed by atoms with E-state index in [-0.39, 0.29) is 18.2 Å². The molecule has 0 aliphatic carbocycles. The normalized spacial score (nSPS) is 17.6. The molecule has 6 N–H and O–H groups in total. The maximum atomic E-state index is 7.04. The van der Waals surface area contributed by atoms with Crippen LogP contribution in [0.5, 0.6) is 0 Å². The van der Waals surface area contributed by atoms with E-state index in [9.17, 15) is 0 Å². The molecule has 0 bridgehead atoms. The van der Waals surface area contributed by atoms with Gasteiger partial charge in [0.2, 0.25) is 5.96 Å². The fourth-order valence-electron chi connectivity index (χ4n) is 1.76. The third kappa shape index (κ3) is 6.39. The van der Waals surface area contributed by atoms with Crippen LogP contribution in [0.4, 0.5) is 0 Å². The van der Waals surface area contributed by atoms with Crippen LogP contribution in [0.15, 0.2) is 25.4 Å². The highest BCUT2D eigenvalue weighted by Gasteiger charge is 2.14. The molecule has 9 heteroatoms. The maximum Gasteiger partial charge on any atom is 0.226 e. The lowest BCUT2D eigenvalue weighted by molar-refractivity contribution is 0.339. The average Bonchev–Trinajstić information content (AvgIpc) is 2.49. The van der Waals surface area contributed by atoms with Gasteiger partial charge in [-0.15, -0.1) is 0 Å². The fourth-order valence-corrected chi connectivity index (χ4v) is 1.95. The van der Waals surface area contributed by atoms with Crippen molar-refractivity contribution in [3.8, 4) is 0 Å². The predicted molar refractivity (Wildman–Crippen MR) is 91.0 cm³/mol. The summed E-state index contributed by atoms with van der Waals surface area (Å²) in [5.74, 6) is 0.784. The van der Waals surface area contributed by atoms with Crippen molar-refractivity contribution in [1.82, 2.24) is 10.3 Å². The molecule has 0 aromatic heterocycles. The first-order valence-corrected chi connectivity index (χ1v) is 7.38. The van der Waals surface area contributed by atoms with Crippen LogP contribution in [0, 0.1) is 5.41 Å². The van der Waals surface area contributed by atoms with Crippen LogP contribution >= 0.6 is 15.9 Å². The lowest BCUT2D eigenvalue weighted by atomic mass is 10.1. The highest BCUT2D eigenvalue weighted by Crippen LogP contribution is 2.12. The number of piperidine rings is 1. The Labute approximate surface area is 132 Å². The minimum Gasteiger partial charge on any atom is -0.386 e. The number of likely N-dealkylation sites (tertiary alicyclic amines) is 1. The summed E-state index contributed by atoms with van der Waals surface area (Å²) >= 11 is 3.28. The molecule has 0 spiro atoms. The maximum absolute atomic E-state index is 7.04. The summed E-state index contributed by atoms with van der Waals surface area (Å²) in [5.41, 5.74) is 13.7. The molecule has 0 atom stereocenters. The van der Waals surface area contributed by atoms with Gasteiger partial charge in [0.15, 0.2) is 0 Å². The minimum atomic E-state index is 0.00138. The quantitative estimate of drug-likeness (QED) is 0.326. The number of hydrazone groups is 1. The van der Waals surface area contributed by atoms with E-state index in [0.29, 0.717) is 10.4 Å². The molecule has 1 heterocycles. The topological polar surface area (TPSA) is 128 Å². The fraction of sp³-hybridized carbons (Fsp3) is 0.500. The highest BCUT2D eigenvalue weighted by atomic mass is 79.9. The number of halogens is 1. The molecular weight excluding hydrogens is 336 g/mol. The van der Waals surface area contributed by atoms with Crippen LogP contribution in [-0.4, -0.2) is 49.3 Å². The van der Waals surface area contributed by atoms with E-state index in [1.165, 1.54) is 12.6 Å². The summed E-state index contributed by atoms with van der Waals surface area (Å²) in [6.45, 7) is 5.55. The van der Waals surface area contributed by atoms with E-state index in [0.717, 1.165) is 25.9 Å². The molecule has 1 aliphatic heterocycles. The van der Waals surface area contributed by atoms with Crippen LogP contribution in [0.3, 0.4) is 0 Å². The molecule has 0 unspecified atom stereocenters. The zero-order valence-corrected chi connectivity index (χ0v) is 13.4. The number of nitrogens with zero attached hydrogens (tertiary/aromatic N) is 4. The average molecular weight is 357 g/mol. The minimum absolute atomic E-state index is 0.00138.